The summed E-state index contributed by atoms with van der Waals surface area (Å²) in [6.07, 6.45) is 1.38. The van der Waals surface area contributed by atoms with Crippen LogP contribution in [0.15, 0.2) is 29.8 Å². The van der Waals surface area contributed by atoms with Gasteiger partial charge in [0.05, 0.1) is 15.3 Å². The summed E-state index contributed by atoms with van der Waals surface area (Å²) in [6.45, 7) is 0.415. The van der Waals surface area contributed by atoms with Gasteiger partial charge in [0.1, 0.15) is 24.0 Å². The van der Waals surface area contributed by atoms with Crippen LogP contribution in [0.5, 0.6) is 11.6 Å². The molecule has 0 bridgehead atoms. The Morgan fingerprint density at radius 2 is 2.29 bits per heavy atom. The van der Waals surface area contributed by atoms with Gasteiger partial charge in [-0.3, -0.25) is 5.26 Å². The lowest BCUT2D eigenvalue weighted by atomic mass is 10.1. The summed E-state index contributed by atoms with van der Waals surface area (Å²) in [6, 6.07) is 5.42. The van der Waals surface area contributed by atoms with E-state index in [9.17, 15) is 0 Å². The maximum absolute atomic E-state index is 8.68. The highest BCUT2D eigenvalue weighted by Gasteiger charge is 2.28. The number of nitrogens with zero attached hydrogens (tertiary/aromatic N) is 1. The van der Waals surface area contributed by atoms with Gasteiger partial charge < -0.3 is 9.47 Å². The first-order chi connectivity index (χ1) is 11.7. The Morgan fingerprint density at radius 3 is 3.12 bits per heavy atom. The van der Waals surface area contributed by atoms with Crippen LogP contribution in [-0.4, -0.2) is 16.8 Å². The maximum Gasteiger partial charge on any atom is 0.220 e. The fourth-order valence-corrected chi connectivity index (χ4v) is 4.41. The lowest BCUT2D eigenvalue weighted by molar-refractivity contribution is -0.252. The molecule has 8 heteroatoms. The fourth-order valence-electron chi connectivity index (χ4n) is 2.71. The minimum atomic E-state index is -0.292. The van der Waals surface area contributed by atoms with Gasteiger partial charge in [0, 0.05) is 23.2 Å². The Kier molecular flexibility index (Phi) is 4.24. The molecule has 5 nitrogen and oxygen atoms in total. The molecule has 1 aliphatic heterocycles. The molecule has 0 saturated carbocycles. The predicted octanol–water partition coefficient (Wildman–Crippen LogP) is 5.11. The Hall–Kier alpha value is -1.57. The van der Waals surface area contributed by atoms with Gasteiger partial charge in [0.15, 0.2) is 6.10 Å². The van der Waals surface area contributed by atoms with Gasteiger partial charge in [0.25, 0.3) is 0 Å². The van der Waals surface area contributed by atoms with Crippen LogP contribution in [0.1, 0.15) is 17.2 Å². The molecular weight excluding hydrogens is 373 g/mol. The van der Waals surface area contributed by atoms with Crippen molar-refractivity contribution in [3.63, 3.8) is 0 Å². The van der Waals surface area contributed by atoms with Crippen molar-refractivity contribution in [1.82, 2.24) is 4.98 Å². The summed E-state index contributed by atoms with van der Waals surface area (Å²) in [5.41, 5.74) is 1.65. The molecule has 0 spiro atoms. The number of benzene rings is 1. The summed E-state index contributed by atoms with van der Waals surface area (Å²) in [5, 5.41) is 12.3. The normalized spacial score (nSPS) is 16.2. The molecule has 24 heavy (non-hydrogen) atoms. The van der Waals surface area contributed by atoms with Crippen LogP contribution >= 0.6 is 34.5 Å². The maximum atomic E-state index is 8.68. The largest absolute Gasteiger partial charge is 0.480 e. The highest BCUT2D eigenvalue weighted by molar-refractivity contribution is 7.18. The number of rotatable bonds is 4. The number of ether oxygens (including phenoxy) is 2. The Labute approximate surface area is 151 Å². The van der Waals surface area contributed by atoms with E-state index in [-0.39, 0.29) is 12.7 Å². The molecule has 4 rings (SSSR count). The Morgan fingerprint density at radius 1 is 1.42 bits per heavy atom. The van der Waals surface area contributed by atoms with E-state index in [0.717, 1.165) is 21.2 Å². The summed E-state index contributed by atoms with van der Waals surface area (Å²) in [7, 11) is 0. The van der Waals surface area contributed by atoms with E-state index in [4.69, 9.17) is 37.9 Å². The molecule has 0 radical (unpaired) electrons. The van der Waals surface area contributed by atoms with Gasteiger partial charge in [-0.25, -0.2) is 9.87 Å². The summed E-state index contributed by atoms with van der Waals surface area (Å²) < 4.78 is 12.3. The summed E-state index contributed by atoms with van der Waals surface area (Å²) in [4.78, 5) is 8.38. The van der Waals surface area contributed by atoms with Crippen LogP contribution in [0.4, 0.5) is 0 Å². The monoisotopic (exact) mass is 383 g/mol. The van der Waals surface area contributed by atoms with Crippen LogP contribution in [0.2, 0.25) is 10.0 Å². The van der Waals surface area contributed by atoms with E-state index >= 15 is 0 Å². The molecular formula is C16H11Cl2NO4S. The third kappa shape index (κ3) is 2.60. The molecule has 0 aliphatic carbocycles. The van der Waals surface area contributed by atoms with Gasteiger partial charge in [-0.15, -0.1) is 11.3 Å². The predicted molar refractivity (Wildman–Crippen MR) is 92.4 cm³/mol. The standard InChI is InChI=1S/C16H11Cl2NO4S/c17-10-4-11(14(18)15-13(10)8(5-22-20)7-24-15)23-12-6-21-16-9(12)2-1-3-19-16/h1-4,7,12,20H,5-6H2. The molecule has 3 aromatic rings. The first-order valence-corrected chi connectivity index (χ1v) is 8.71. The molecule has 1 N–H and O–H groups in total. The smallest absolute Gasteiger partial charge is 0.220 e. The topological polar surface area (TPSA) is 60.8 Å². The molecule has 1 unspecified atom stereocenters. The second-order valence-electron chi connectivity index (χ2n) is 5.22. The SMILES string of the molecule is OOCc1csc2c(Cl)c(OC3COc4ncccc43)cc(Cl)c12. The zero-order chi connectivity index (χ0) is 16.7. The van der Waals surface area contributed by atoms with Crippen molar-refractivity contribution >= 4 is 44.6 Å². The number of pyridine rings is 1. The molecule has 1 atom stereocenters. The first-order valence-electron chi connectivity index (χ1n) is 7.08. The van der Waals surface area contributed by atoms with E-state index in [1.807, 2.05) is 17.5 Å². The molecule has 0 saturated heterocycles. The van der Waals surface area contributed by atoms with E-state index in [1.165, 1.54) is 11.3 Å². The third-order valence-corrected chi connectivity index (χ3v) is 5.62. The Bertz CT molecular complexity index is 914. The average Bonchev–Trinajstić information content (AvgIpc) is 3.18. The number of aromatic nitrogens is 1. The van der Waals surface area contributed by atoms with Gasteiger partial charge in [-0.2, -0.15) is 0 Å². The van der Waals surface area contributed by atoms with Gasteiger partial charge in [0.2, 0.25) is 5.88 Å². The van der Waals surface area contributed by atoms with Crippen molar-refractivity contribution in [1.29, 1.82) is 0 Å². The fraction of sp³-hybridized carbons (Fsp3) is 0.188. The number of thiophene rings is 1. The summed E-state index contributed by atoms with van der Waals surface area (Å²) >= 11 is 14.3. The van der Waals surface area contributed by atoms with Crippen molar-refractivity contribution in [3.05, 3.63) is 50.9 Å². The third-order valence-electron chi connectivity index (χ3n) is 3.79. The minimum absolute atomic E-state index is 0.0474. The van der Waals surface area contributed by atoms with E-state index < -0.39 is 0 Å². The average molecular weight is 384 g/mol. The highest BCUT2D eigenvalue weighted by Crippen LogP contribution is 2.45. The first kappa shape index (κ1) is 15.9. The second-order valence-corrected chi connectivity index (χ2v) is 6.89. The zero-order valence-corrected chi connectivity index (χ0v) is 14.5. The van der Waals surface area contributed by atoms with E-state index in [0.29, 0.717) is 28.3 Å². The van der Waals surface area contributed by atoms with Crippen LogP contribution < -0.4 is 9.47 Å². The molecule has 124 valence electrons. The zero-order valence-electron chi connectivity index (χ0n) is 12.2. The van der Waals surface area contributed by atoms with E-state index in [1.54, 1.807) is 12.3 Å². The molecule has 0 fully saturated rings. The summed E-state index contributed by atoms with van der Waals surface area (Å²) in [5.74, 6) is 1.06. The van der Waals surface area contributed by atoms with Gasteiger partial charge in [-0.1, -0.05) is 23.2 Å². The van der Waals surface area contributed by atoms with Crippen molar-refractivity contribution in [3.8, 4) is 11.6 Å². The number of halogens is 2. The van der Waals surface area contributed by atoms with Gasteiger partial charge in [-0.05, 0) is 17.5 Å². The van der Waals surface area contributed by atoms with Crippen LogP contribution in [-0.2, 0) is 11.5 Å². The van der Waals surface area contributed by atoms with Crippen molar-refractivity contribution in [2.24, 2.45) is 0 Å². The second kappa shape index (κ2) is 6.38. The molecule has 2 aromatic heterocycles. The number of hydrogen-bond donors (Lipinski definition) is 1. The van der Waals surface area contributed by atoms with Crippen LogP contribution in [0.3, 0.4) is 0 Å². The van der Waals surface area contributed by atoms with Crippen LogP contribution in [0.25, 0.3) is 10.1 Å². The number of fused-ring (bicyclic) bond motifs is 2. The van der Waals surface area contributed by atoms with Crippen LogP contribution in [0, 0.1) is 0 Å². The highest BCUT2D eigenvalue weighted by atomic mass is 35.5. The molecule has 3 heterocycles. The molecule has 1 aliphatic rings. The lowest BCUT2D eigenvalue weighted by Gasteiger charge is -2.15. The lowest BCUT2D eigenvalue weighted by Crippen LogP contribution is -2.09. The quantitative estimate of drug-likeness (QED) is 0.501. The van der Waals surface area contributed by atoms with Gasteiger partial charge >= 0.3 is 0 Å². The van der Waals surface area contributed by atoms with Crippen molar-refractivity contribution < 1.29 is 19.6 Å². The molecule has 0 amide bonds. The van der Waals surface area contributed by atoms with Crippen molar-refractivity contribution in [2.45, 2.75) is 12.7 Å². The van der Waals surface area contributed by atoms with E-state index in [2.05, 4.69) is 9.87 Å². The molecule has 1 aromatic carbocycles. The number of hydrogen-bond acceptors (Lipinski definition) is 6. The minimum Gasteiger partial charge on any atom is -0.480 e. The Balaban J connectivity index is 1.72. The van der Waals surface area contributed by atoms with Crippen molar-refractivity contribution in [2.75, 3.05) is 6.61 Å².